The fraction of sp³-hybridized carbons (Fsp3) is 0. The summed E-state index contributed by atoms with van der Waals surface area (Å²) in [7, 11) is 0. The van der Waals surface area contributed by atoms with E-state index in [-0.39, 0.29) is 5.02 Å². The Morgan fingerprint density at radius 3 is 2.92 bits per heavy atom. The van der Waals surface area contributed by atoms with E-state index < -0.39 is 5.82 Å². The molecule has 4 heteroatoms. The molecule has 0 bridgehead atoms. The second-order valence-electron chi connectivity index (χ2n) is 2.59. The molecule has 0 saturated carbocycles. The minimum Gasteiger partial charge on any atom is -0.252 e. The van der Waals surface area contributed by atoms with E-state index in [9.17, 15) is 4.39 Å². The Kier molecular flexibility index (Phi) is 2.38. The van der Waals surface area contributed by atoms with Crippen molar-refractivity contribution in [3.8, 4) is 0 Å². The minimum absolute atomic E-state index is 0.112. The third-order valence-electron chi connectivity index (χ3n) is 1.71. The van der Waals surface area contributed by atoms with Gasteiger partial charge in [0.15, 0.2) is 5.82 Å². The molecule has 0 saturated heterocycles. The van der Waals surface area contributed by atoms with Gasteiger partial charge in [0.05, 0.1) is 5.02 Å². The molecule has 66 valence electrons. The number of fused-ring (bicyclic) bond motifs is 1. The van der Waals surface area contributed by atoms with Gasteiger partial charge in [-0.3, -0.25) is 4.98 Å². The van der Waals surface area contributed by atoms with Gasteiger partial charge in [0.25, 0.3) is 0 Å². The van der Waals surface area contributed by atoms with Crippen molar-refractivity contribution in [2.45, 2.75) is 0 Å². The standard InChI is InChI=1S/C9H4ClFIN/c10-7-2-1-5-3-6(12)4-13-9(5)8(7)11/h1-4H. The van der Waals surface area contributed by atoms with Crippen molar-refractivity contribution < 1.29 is 4.39 Å². The average Bonchev–Trinajstić information content (AvgIpc) is 2.12. The molecule has 1 aromatic carbocycles. The van der Waals surface area contributed by atoms with E-state index in [0.717, 1.165) is 8.96 Å². The third kappa shape index (κ3) is 1.62. The molecule has 2 rings (SSSR count). The Hall–Kier alpha value is -0.420. The Morgan fingerprint density at radius 1 is 1.38 bits per heavy atom. The molecule has 0 aliphatic rings. The molecule has 13 heavy (non-hydrogen) atoms. The summed E-state index contributed by atoms with van der Waals surface area (Å²) in [6.07, 6.45) is 1.61. The first kappa shape index (κ1) is 9.15. The highest BCUT2D eigenvalue weighted by molar-refractivity contribution is 14.1. The maximum Gasteiger partial charge on any atom is 0.167 e. The lowest BCUT2D eigenvalue weighted by Gasteiger charge is -2.00. The van der Waals surface area contributed by atoms with Gasteiger partial charge >= 0.3 is 0 Å². The fourth-order valence-corrected chi connectivity index (χ4v) is 1.74. The zero-order valence-electron chi connectivity index (χ0n) is 6.39. The van der Waals surface area contributed by atoms with E-state index in [2.05, 4.69) is 27.6 Å². The number of hydrogen-bond acceptors (Lipinski definition) is 1. The second-order valence-corrected chi connectivity index (χ2v) is 4.24. The summed E-state index contributed by atoms with van der Waals surface area (Å²) in [5, 5.41) is 0.884. The zero-order chi connectivity index (χ0) is 9.42. The minimum atomic E-state index is -0.449. The van der Waals surface area contributed by atoms with Crippen molar-refractivity contribution in [1.82, 2.24) is 4.98 Å². The van der Waals surface area contributed by atoms with Gasteiger partial charge in [0, 0.05) is 15.2 Å². The Bertz CT molecular complexity index is 472. The molecule has 0 aliphatic carbocycles. The Labute approximate surface area is 93.1 Å². The van der Waals surface area contributed by atoms with Crippen molar-refractivity contribution >= 4 is 45.1 Å². The lowest BCUT2D eigenvalue weighted by molar-refractivity contribution is 0.637. The van der Waals surface area contributed by atoms with Crippen LogP contribution >= 0.6 is 34.2 Å². The summed E-state index contributed by atoms with van der Waals surface area (Å²) < 4.78 is 14.3. The second kappa shape index (κ2) is 3.38. The van der Waals surface area contributed by atoms with Gasteiger partial charge in [-0.05, 0) is 34.7 Å². The molecule has 0 radical (unpaired) electrons. The van der Waals surface area contributed by atoms with Gasteiger partial charge in [0.2, 0.25) is 0 Å². The van der Waals surface area contributed by atoms with Crippen LogP contribution in [0.25, 0.3) is 10.9 Å². The van der Waals surface area contributed by atoms with Crippen molar-refractivity contribution in [2.24, 2.45) is 0 Å². The third-order valence-corrected chi connectivity index (χ3v) is 2.59. The largest absolute Gasteiger partial charge is 0.252 e. The van der Waals surface area contributed by atoms with Gasteiger partial charge in [-0.25, -0.2) is 4.39 Å². The first-order valence-corrected chi connectivity index (χ1v) is 5.03. The number of benzene rings is 1. The van der Waals surface area contributed by atoms with Crippen LogP contribution < -0.4 is 0 Å². The first-order valence-electron chi connectivity index (χ1n) is 3.58. The average molecular weight is 307 g/mol. The van der Waals surface area contributed by atoms with Crippen LogP contribution in [0.2, 0.25) is 5.02 Å². The van der Waals surface area contributed by atoms with Crippen LogP contribution in [0.3, 0.4) is 0 Å². The fourth-order valence-electron chi connectivity index (χ4n) is 1.11. The lowest BCUT2D eigenvalue weighted by Crippen LogP contribution is -1.86. The number of halogens is 3. The highest BCUT2D eigenvalue weighted by Crippen LogP contribution is 2.23. The normalized spacial score (nSPS) is 10.7. The molecule has 0 atom stereocenters. The molecule has 1 aromatic heterocycles. The van der Waals surface area contributed by atoms with Crippen LogP contribution in [0, 0.1) is 9.39 Å². The molecule has 2 aromatic rings. The summed E-state index contributed by atoms with van der Waals surface area (Å²) in [5.41, 5.74) is 0.327. The van der Waals surface area contributed by atoms with Gasteiger partial charge < -0.3 is 0 Å². The number of aromatic nitrogens is 1. The van der Waals surface area contributed by atoms with Gasteiger partial charge in [0.1, 0.15) is 5.52 Å². The number of rotatable bonds is 0. The number of pyridine rings is 1. The van der Waals surface area contributed by atoms with Crippen molar-refractivity contribution in [3.05, 3.63) is 38.8 Å². The summed E-state index contributed by atoms with van der Waals surface area (Å²) in [5.74, 6) is -0.449. The topological polar surface area (TPSA) is 12.9 Å². The van der Waals surface area contributed by atoms with Crippen LogP contribution in [0.15, 0.2) is 24.4 Å². The lowest BCUT2D eigenvalue weighted by atomic mass is 10.2. The van der Waals surface area contributed by atoms with Gasteiger partial charge in [-0.2, -0.15) is 0 Å². The highest BCUT2D eigenvalue weighted by atomic mass is 127. The summed E-state index contributed by atoms with van der Waals surface area (Å²) in [6, 6.07) is 5.16. The number of hydrogen-bond donors (Lipinski definition) is 0. The molecule has 0 aliphatic heterocycles. The first-order chi connectivity index (χ1) is 6.18. The molecular weight excluding hydrogens is 303 g/mol. The molecule has 0 spiro atoms. The predicted octanol–water partition coefficient (Wildman–Crippen LogP) is 3.63. The van der Waals surface area contributed by atoms with Crippen molar-refractivity contribution in [1.29, 1.82) is 0 Å². The molecule has 0 amide bonds. The zero-order valence-corrected chi connectivity index (χ0v) is 9.30. The molecular formula is C9H4ClFIN. The SMILES string of the molecule is Fc1c(Cl)ccc2cc(I)cnc12. The van der Waals surface area contributed by atoms with Crippen LogP contribution in [0.1, 0.15) is 0 Å². The summed E-state index contributed by atoms with van der Waals surface area (Å²) in [6.45, 7) is 0. The van der Waals surface area contributed by atoms with Crippen LogP contribution in [0.5, 0.6) is 0 Å². The summed E-state index contributed by atoms with van der Waals surface area (Å²) in [4.78, 5) is 3.97. The smallest absolute Gasteiger partial charge is 0.167 e. The molecule has 0 unspecified atom stereocenters. The maximum absolute atomic E-state index is 13.3. The van der Waals surface area contributed by atoms with Gasteiger partial charge in [-0.15, -0.1) is 0 Å². The predicted molar refractivity (Wildman–Crippen MR) is 59.4 cm³/mol. The maximum atomic E-state index is 13.3. The Morgan fingerprint density at radius 2 is 2.15 bits per heavy atom. The summed E-state index contributed by atoms with van der Waals surface area (Å²) >= 11 is 7.74. The van der Waals surface area contributed by atoms with Crippen LogP contribution in [-0.2, 0) is 0 Å². The molecule has 0 N–H and O–H groups in total. The van der Waals surface area contributed by atoms with Gasteiger partial charge in [-0.1, -0.05) is 17.7 Å². The molecule has 0 fully saturated rings. The van der Waals surface area contributed by atoms with E-state index in [1.54, 1.807) is 12.3 Å². The van der Waals surface area contributed by atoms with E-state index >= 15 is 0 Å². The van der Waals surface area contributed by atoms with E-state index in [0.29, 0.717) is 5.52 Å². The van der Waals surface area contributed by atoms with E-state index in [1.807, 2.05) is 6.07 Å². The number of nitrogens with zero attached hydrogens (tertiary/aromatic N) is 1. The highest BCUT2D eigenvalue weighted by Gasteiger charge is 2.06. The van der Waals surface area contributed by atoms with Crippen molar-refractivity contribution in [2.75, 3.05) is 0 Å². The Balaban J connectivity index is 2.87. The van der Waals surface area contributed by atoms with E-state index in [4.69, 9.17) is 11.6 Å². The quantitative estimate of drug-likeness (QED) is 0.677. The van der Waals surface area contributed by atoms with Crippen LogP contribution in [-0.4, -0.2) is 4.98 Å². The van der Waals surface area contributed by atoms with Crippen LogP contribution in [0.4, 0.5) is 4.39 Å². The molecule has 1 heterocycles. The van der Waals surface area contributed by atoms with Crippen molar-refractivity contribution in [3.63, 3.8) is 0 Å². The van der Waals surface area contributed by atoms with E-state index in [1.165, 1.54) is 6.07 Å². The molecule has 1 nitrogen and oxygen atoms in total. The monoisotopic (exact) mass is 307 g/mol.